The van der Waals surface area contributed by atoms with Gasteiger partial charge in [-0.3, -0.25) is 10.1 Å². The quantitative estimate of drug-likeness (QED) is 0.575. The van der Waals surface area contributed by atoms with Crippen molar-refractivity contribution in [3.63, 3.8) is 0 Å². The van der Waals surface area contributed by atoms with Crippen molar-refractivity contribution in [2.45, 2.75) is 18.1 Å². The number of hydrogen-bond acceptors (Lipinski definition) is 6. The van der Waals surface area contributed by atoms with E-state index in [0.29, 0.717) is 0 Å². The topological polar surface area (TPSA) is 98.5 Å². The molecule has 0 saturated carbocycles. The number of nitro benzene ring substituents is 1. The predicted molar refractivity (Wildman–Crippen MR) is 86.6 cm³/mol. The lowest BCUT2D eigenvalue weighted by molar-refractivity contribution is -0.387. The van der Waals surface area contributed by atoms with E-state index in [-0.39, 0.29) is 23.5 Å². The van der Waals surface area contributed by atoms with Crippen molar-refractivity contribution in [3.8, 4) is 5.75 Å². The molecule has 0 bridgehead atoms. The number of ether oxygens (including phenoxy) is 1. The Kier molecular flexibility index (Phi) is 5.70. The van der Waals surface area contributed by atoms with Gasteiger partial charge in [-0.15, -0.1) is 0 Å². The fourth-order valence-corrected chi connectivity index (χ4v) is 3.04. The van der Waals surface area contributed by atoms with Crippen molar-refractivity contribution >= 4 is 21.2 Å². The van der Waals surface area contributed by atoms with Gasteiger partial charge in [-0.1, -0.05) is 6.07 Å². The van der Waals surface area contributed by atoms with E-state index in [2.05, 4.69) is 10.1 Å². The molecule has 2 rings (SSSR count). The number of benzene rings is 2. The Hall–Kier alpha value is -2.82. The van der Waals surface area contributed by atoms with Crippen molar-refractivity contribution in [2.24, 2.45) is 0 Å². The van der Waals surface area contributed by atoms with Gasteiger partial charge in [-0.25, -0.2) is 12.8 Å². The Morgan fingerprint density at radius 2 is 1.96 bits per heavy atom. The summed E-state index contributed by atoms with van der Waals surface area (Å²) in [6.45, 7) is -3.46. The van der Waals surface area contributed by atoms with Gasteiger partial charge in [-0.05, 0) is 24.3 Å². The summed E-state index contributed by atoms with van der Waals surface area (Å²) >= 11 is 0. The molecule has 0 heterocycles. The number of sulfone groups is 1. The first-order chi connectivity index (χ1) is 12.1. The molecule has 0 fully saturated rings. The minimum atomic E-state index is -3.90. The minimum absolute atomic E-state index is 0.127. The number of nitrogens with zero attached hydrogens (tertiary/aromatic N) is 1. The van der Waals surface area contributed by atoms with E-state index in [0.717, 1.165) is 30.5 Å². The van der Waals surface area contributed by atoms with Crippen LogP contribution in [-0.2, 0) is 16.4 Å². The molecule has 0 aliphatic rings. The number of nitro groups is 1. The van der Waals surface area contributed by atoms with Gasteiger partial charge >= 0.3 is 6.61 Å². The van der Waals surface area contributed by atoms with Crippen LogP contribution in [0, 0.1) is 15.9 Å². The Morgan fingerprint density at radius 1 is 1.27 bits per heavy atom. The molecule has 0 aromatic heterocycles. The zero-order valence-corrected chi connectivity index (χ0v) is 14.1. The molecule has 11 heteroatoms. The second-order valence-corrected chi connectivity index (χ2v) is 7.14. The number of nitrogens with one attached hydrogen (secondary N) is 1. The standard InChI is InChI=1S/C15H13F3N2O5S/c1-26(23,24)14-7-9(5-6-12(14)20(21)22)19-8-10-11(16)3-2-4-13(10)25-15(17)18/h2-7,15,19H,8H2,1H3. The van der Waals surface area contributed by atoms with Crippen LogP contribution in [0.25, 0.3) is 0 Å². The SMILES string of the molecule is CS(=O)(=O)c1cc(NCc2c(F)cccc2OC(F)F)ccc1[N+](=O)[O-]. The maximum absolute atomic E-state index is 13.9. The molecular weight excluding hydrogens is 377 g/mol. The smallest absolute Gasteiger partial charge is 0.387 e. The lowest BCUT2D eigenvalue weighted by atomic mass is 10.1. The third-order valence-corrected chi connectivity index (χ3v) is 4.44. The minimum Gasteiger partial charge on any atom is -0.434 e. The van der Waals surface area contributed by atoms with Crippen LogP contribution in [0.2, 0.25) is 0 Å². The number of anilines is 1. The Bertz CT molecular complexity index is 935. The highest BCUT2D eigenvalue weighted by Crippen LogP contribution is 2.29. The zero-order chi connectivity index (χ0) is 19.5. The molecule has 26 heavy (non-hydrogen) atoms. The molecule has 0 aliphatic heterocycles. The van der Waals surface area contributed by atoms with Crippen molar-refractivity contribution in [2.75, 3.05) is 11.6 Å². The van der Waals surface area contributed by atoms with Crippen molar-refractivity contribution < 1.29 is 31.2 Å². The second kappa shape index (κ2) is 7.60. The summed E-state index contributed by atoms with van der Waals surface area (Å²) in [6, 6.07) is 6.63. The average molecular weight is 390 g/mol. The largest absolute Gasteiger partial charge is 0.434 e. The monoisotopic (exact) mass is 390 g/mol. The summed E-state index contributed by atoms with van der Waals surface area (Å²) in [4.78, 5) is 9.57. The molecule has 0 spiro atoms. The normalized spacial score (nSPS) is 11.4. The van der Waals surface area contributed by atoms with Crippen LogP contribution in [0.5, 0.6) is 5.75 Å². The number of alkyl halides is 2. The highest BCUT2D eigenvalue weighted by atomic mass is 32.2. The number of halogens is 3. The van der Waals surface area contributed by atoms with Gasteiger partial charge in [-0.2, -0.15) is 8.78 Å². The summed E-state index contributed by atoms with van der Waals surface area (Å²) in [7, 11) is -3.90. The van der Waals surface area contributed by atoms with Crippen molar-refractivity contribution in [1.29, 1.82) is 0 Å². The van der Waals surface area contributed by atoms with Crippen molar-refractivity contribution in [3.05, 3.63) is 57.9 Å². The van der Waals surface area contributed by atoms with Gasteiger partial charge in [0.2, 0.25) is 0 Å². The van der Waals surface area contributed by atoms with E-state index in [9.17, 15) is 31.7 Å². The van der Waals surface area contributed by atoms with Crippen LogP contribution in [-0.4, -0.2) is 26.2 Å². The third-order valence-electron chi connectivity index (χ3n) is 3.32. The van der Waals surface area contributed by atoms with Crippen molar-refractivity contribution in [1.82, 2.24) is 0 Å². The van der Waals surface area contributed by atoms with E-state index in [1.54, 1.807) is 0 Å². The molecule has 1 N–H and O–H groups in total. The summed E-state index contributed by atoms with van der Waals surface area (Å²) < 4.78 is 66.4. The van der Waals surface area contributed by atoms with Crippen LogP contribution in [0.3, 0.4) is 0 Å². The molecule has 0 unspecified atom stereocenters. The fourth-order valence-electron chi connectivity index (χ4n) is 2.18. The fraction of sp³-hybridized carbons (Fsp3) is 0.200. The third kappa shape index (κ3) is 4.63. The van der Waals surface area contributed by atoms with Gasteiger partial charge < -0.3 is 10.1 Å². The lowest BCUT2D eigenvalue weighted by Gasteiger charge is -2.13. The summed E-state index contributed by atoms with van der Waals surface area (Å²) in [5.41, 5.74) is -0.681. The second-order valence-electron chi connectivity index (χ2n) is 5.16. The molecular formula is C15H13F3N2O5S. The average Bonchev–Trinajstić information content (AvgIpc) is 2.52. The van der Waals surface area contributed by atoms with Crippen LogP contribution in [0.15, 0.2) is 41.3 Å². The van der Waals surface area contributed by atoms with Gasteiger partial charge in [0.1, 0.15) is 16.5 Å². The molecule has 0 atom stereocenters. The van der Waals surface area contributed by atoms with Crippen LogP contribution < -0.4 is 10.1 Å². The van der Waals surface area contributed by atoms with Crippen LogP contribution in [0.1, 0.15) is 5.56 Å². The van der Waals surface area contributed by atoms with Crippen LogP contribution >= 0.6 is 0 Å². The number of rotatable bonds is 7. The first kappa shape index (κ1) is 19.5. The molecule has 2 aromatic rings. The highest BCUT2D eigenvalue weighted by molar-refractivity contribution is 7.90. The number of hydrogen-bond donors (Lipinski definition) is 1. The summed E-state index contributed by atoms with van der Waals surface area (Å²) in [5.74, 6) is -1.18. The zero-order valence-electron chi connectivity index (χ0n) is 13.3. The van der Waals surface area contributed by atoms with E-state index in [4.69, 9.17) is 0 Å². The predicted octanol–water partition coefficient (Wildman–Crippen LogP) is 3.35. The van der Waals surface area contributed by atoms with E-state index >= 15 is 0 Å². The molecule has 140 valence electrons. The molecule has 0 aliphatic carbocycles. The maximum Gasteiger partial charge on any atom is 0.387 e. The van der Waals surface area contributed by atoms with Crippen LogP contribution in [0.4, 0.5) is 24.5 Å². The molecule has 7 nitrogen and oxygen atoms in total. The van der Waals surface area contributed by atoms with Gasteiger partial charge in [0, 0.05) is 30.1 Å². The molecule has 2 aromatic carbocycles. The Morgan fingerprint density at radius 3 is 2.54 bits per heavy atom. The highest BCUT2D eigenvalue weighted by Gasteiger charge is 2.22. The van der Waals surface area contributed by atoms with E-state index in [1.165, 1.54) is 12.1 Å². The van der Waals surface area contributed by atoms with Gasteiger partial charge in [0.05, 0.1) is 4.92 Å². The lowest BCUT2D eigenvalue weighted by Crippen LogP contribution is -2.09. The molecule has 0 saturated heterocycles. The van der Waals surface area contributed by atoms with Gasteiger partial charge in [0.15, 0.2) is 9.84 Å². The van der Waals surface area contributed by atoms with E-state index < -0.39 is 37.8 Å². The molecule has 0 radical (unpaired) electrons. The maximum atomic E-state index is 13.9. The summed E-state index contributed by atoms with van der Waals surface area (Å²) in [6.07, 6.45) is 0.810. The first-order valence-corrected chi connectivity index (χ1v) is 8.93. The first-order valence-electron chi connectivity index (χ1n) is 7.04. The van der Waals surface area contributed by atoms with E-state index in [1.807, 2.05) is 0 Å². The molecule has 0 amide bonds. The Balaban J connectivity index is 2.33. The summed E-state index contributed by atoms with van der Waals surface area (Å²) in [5, 5.41) is 13.6. The Labute approximate surface area is 146 Å². The van der Waals surface area contributed by atoms with Gasteiger partial charge in [0.25, 0.3) is 5.69 Å².